The number of hydrogen-bond donors (Lipinski definition) is 2. The largest absolute Gasteiger partial charge is 0.416 e. The van der Waals surface area contributed by atoms with Crippen molar-refractivity contribution in [1.82, 2.24) is 20.3 Å². The normalized spacial score (nSPS) is 11.1. The SMILES string of the molecule is O=C(NCc1cccnc1)c1ccnc(Nc2cccc(C(F)(F)F)c2)n1. The van der Waals surface area contributed by atoms with Crippen molar-refractivity contribution in [2.45, 2.75) is 12.7 Å². The number of halogens is 3. The van der Waals surface area contributed by atoms with Crippen LogP contribution in [0.1, 0.15) is 21.6 Å². The minimum Gasteiger partial charge on any atom is -0.347 e. The first-order valence-electron chi connectivity index (χ1n) is 7.86. The number of benzene rings is 1. The molecule has 0 unspecified atom stereocenters. The van der Waals surface area contributed by atoms with Crippen LogP contribution in [-0.2, 0) is 12.7 Å². The molecule has 0 radical (unpaired) electrons. The van der Waals surface area contributed by atoms with E-state index in [1.54, 1.807) is 18.5 Å². The van der Waals surface area contributed by atoms with Gasteiger partial charge in [-0.05, 0) is 35.9 Å². The summed E-state index contributed by atoms with van der Waals surface area (Å²) in [6.07, 6.45) is 0.150. The lowest BCUT2D eigenvalue weighted by Crippen LogP contribution is -2.24. The summed E-state index contributed by atoms with van der Waals surface area (Å²) in [7, 11) is 0. The van der Waals surface area contributed by atoms with E-state index in [1.165, 1.54) is 24.4 Å². The van der Waals surface area contributed by atoms with Crippen LogP contribution in [0.4, 0.5) is 24.8 Å². The zero-order valence-corrected chi connectivity index (χ0v) is 13.9. The van der Waals surface area contributed by atoms with Crippen LogP contribution in [0.15, 0.2) is 61.1 Å². The number of rotatable bonds is 5. The topological polar surface area (TPSA) is 79.8 Å². The van der Waals surface area contributed by atoms with Gasteiger partial charge in [-0.1, -0.05) is 12.1 Å². The lowest BCUT2D eigenvalue weighted by molar-refractivity contribution is -0.137. The van der Waals surface area contributed by atoms with Gasteiger partial charge in [0.25, 0.3) is 5.91 Å². The second kappa shape index (κ2) is 7.81. The molecule has 0 bridgehead atoms. The third-order valence-corrected chi connectivity index (χ3v) is 3.51. The van der Waals surface area contributed by atoms with Crippen LogP contribution in [0.3, 0.4) is 0 Å². The molecule has 6 nitrogen and oxygen atoms in total. The van der Waals surface area contributed by atoms with Crippen LogP contribution < -0.4 is 10.6 Å². The summed E-state index contributed by atoms with van der Waals surface area (Å²) in [5, 5.41) is 5.36. The van der Waals surface area contributed by atoms with E-state index in [1.807, 2.05) is 6.07 Å². The second-order valence-corrected chi connectivity index (χ2v) is 5.51. The van der Waals surface area contributed by atoms with Crippen molar-refractivity contribution < 1.29 is 18.0 Å². The van der Waals surface area contributed by atoms with Gasteiger partial charge in [0.2, 0.25) is 5.95 Å². The highest BCUT2D eigenvalue weighted by Gasteiger charge is 2.30. The molecule has 0 saturated heterocycles. The summed E-state index contributed by atoms with van der Waals surface area (Å²) in [6, 6.07) is 9.61. The molecule has 138 valence electrons. The van der Waals surface area contributed by atoms with E-state index < -0.39 is 17.6 Å². The van der Waals surface area contributed by atoms with E-state index in [9.17, 15) is 18.0 Å². The Morgan fingerprint density at radius 3 is 2.67 bits per heavy atom. The number of pyridine rings is 1. The molecule has 27 heavy (non-hydrogen) atoms. The van der Waals surface area contributed by atoms with Crippen molar-refractivity contribution in [3.63, 3.8) is 0 Å². The van der Waals surface area contributed by atoms with Gasteiger partial charge in [0.15, 0.2) is 0 Å². The third kappa shape index (κ3) is 5.00. The van der Waals surface area contributed by atoms with E-state index in [2.05, 4.69) is 25.6 Å². The molecule has 0 aliphatic rings. The fourth-order valence-corrected chi connectivity index (χ4v) is 2.22. The fourth-order valence-electron chi connectivity index (χ4n) is 2.22. The number of hydrogen-bond acceptors (Lipinski definition) is 5. The van der Waals surface area contributed by atoms with Crippen molar-refractivity contribution in [2.24, 2.45) is 0 Å². The van der Waals surface area contributed by atoms with Gasteiger partial charge >= 0.3 is 6.18 Å². The lowest BCUT2D eigenvalue weighted by atomic mass is 10.2. The van der Waals surface area contributed by atoms with Crippen LogP contribution in [0, 0.1) is 0 Å². The Balaban J connectivity index is 1.69. The van der Waals surface area contributed by atoms with E-state index >= 15 is 0 Å². The van der Waals surface area contributed by atoms with Gasteiger partial charge < -0.3 is 10.6 Å². The molecule has 0 spiro atoms. The molecule has 9 heteroatoms. The number of anilines is 2. The second-order valence-electron chi connectivity index (χ2n) is 5.51. The molecule has 0 aliphatic heterocycles. The molecule has 0 aliphatic carbocycles. The lowest BCUT2D eigenvalue weighted by Gasteiger charge is -2.10. The molecular weight excluding hydrogens is 359 g/mol. The molecule has 3 aromatic rings. The molecule has 3 rings (SSSR count). The first kappa shape index (κ1) is 18.3. The van der Waals surface area contributed by atoms with Crippen molar-refractivity contribution in [3.05, 3.63) is 77.9 Å². The highest BCUT2D eigenvalue weighted by atomic mass is 19.4. The Bertz CT molecular complexity index is 932. The first-order valence-corrected chi connectivity index (χ1v) is 7.86. The number of nitrogens with zero attached hydrogens (tertiary/aromatic N) is 3. The summed E-state index contributed by atoms with van der Waals surface area (Å²) in [5.41, 5.74) is 0.279. The van der Waals surface area contributed by atoms with Gasteiger partial charge in [-0.25, -0.2) is 9.97 Å². The van der Waals surface area contributed by atoms with Crippen LogP contribution in [0.5, 0.6) is 0 Å². The van der Waals surface area contributed by atoms with Gasteiger partial charge in [0.05, 0.1) is 5.56 Å². The average molecular weight is 373 g/mol. The Kier molecular flexibility index (Phi) is 5.30. The zero-order valence-electron chi connectivity index (χ0n) is 13.9. The summed E-state index contributed by atoms with van der Waals surface area (Å²) >= 11 is 0. The Labute approximate surface area is 152 Å². The molecule has 0 atom stereocenters. The predicted octanol–water partition coefficient (Wildman–Crippen LogP) is 3.56. The van der Waals surface area contributed by atoms with Gasteiger partial charge in [-0.3, -0.25) is 9.78 Å². The third-order valence-electron chi connectivity index (χ3n) is 3.51. The van der Waals surface area contributed by atoms with Gasteiger partial charge in [-0.2, -0.15) is 13.2 Å². The zero-order chi connectivity index (χ0) is 19.3. The minimum atomic E-state index is -4.45. The molecule has 2 aromatic heterocycles. The van der Waals surface area contributed by atoms with Gasteiger partial charge in [-0.15, -0.1) is 0 Å². The molecule has 0 fully saturated rings. The van der Waals surface area contributed by atoms with Gasteiger partial charge in [0, 0.05) is 30.8 Å². The van der Waals surface area contributed by atoms with Gasteiger partial charge in [0.1, 0.15) is 5.69 Å². The van der Waals surface area contributed by atoms with Crippen molar-refractivity contribution in [3.8, 4) is 0 Å². The van der Waals surface area contributed by atoms with E-state index in [4.69, 9.17) is 0 Å². The summed E-state index contributed by atoms with van der Waals surface area (Å²) in [4.78, 5) is 24.1. The van der Waals surface area contributed by atoms with E-state index in [-0.39, 0.29) is 23.9 Å². The van der Waals surface area contributed by atoms with Crippen LogP contribution in [-0.4, -0.2) is 20.9 Å². The Hall–Kier alpha value is -3.49. The molecular formula is C18H14F3N5O. The summed E-state index contributed by atoms with van der Waals surface area (Å²) in [5.74, 6) is -0.420. The highest BCUT2D eigenvalue weighted by molar-refractivity contribution is 5.92. The maximum atomic E-state index is 12.8. The van der Waals surface area contributed by atoms with Crippen molar-refractivity contribution in [1.29, 1.82) is 0 Å². The van der Waals surface area contributed by atoms with Crippen LogP contribution in [0.2, 0.25) is 0 Å². The number of carbonyl (C=O) groups excluding carboxylic acids is 1. The number of amides is 1. The first-order chi connectivity index (χ1) is 12.9. The summed E-state index contributed by atoms with van der Waals surface area (Å²) < 4.78 is 38.4. The van der Waals surface area contributed by atoms with Crippen molar-refractivity contribution in [2.75, 3.05) is 5.32 Å². The van der Waals surface area contributed by atoms with Crippen molar-refractivity contribution >= 4 is 17.5 Å². The summed E-state index contributed by atoms with van der Waals surface area (Å²) in [6.45, 7) is 0.271. The fraction of sp³-hybridized carbons (Fsp3) is 0.111. The predicted molar refractivity (Wildman–Crippen MR) is 92.2 cm³/mol. The van der Waals surface area contributed by atoms with E-state index in [0.717, 1.165) is 17.7 Å². The number of aromatic nitrogens is 3. The number of nitrogens with one attached hydrogen (secondary N) is 2. The number of carbonyl (C=O) groups is 1. The minimum absolute atomic E-state index is 0.0170. The molecule has 1 aromatic carbocycles. The Morgan fingerprint density at radius 2 is 1.93 bits per heavy atom. The average Bonchev–Trinajstić information content (AvgIpc) is 2.67. The molecule has 0 saturated carbocycles. The quantitative estimate of drug-likeness (QED) is 0.715. The molecule has 2 N–H and O–H groups in total. The number of alkyl halides is 3. The van der Waals surface area contributed by atoms with Crippen LogP contribution in [0.25, 0.3) is 0 Å². The maximum absolute atomic E-state index is 12.8. The van der Waals surface area contributed by atoms with Crippen LogP contribution >= 0.6 is 0 Å². The Morgan fingerprint density at radius 1 is 1.07 bits per heavy atom. The smallest absolute Gasteiger partial charge is 0.347 e. The monoisotopic (exact) mass is 373 g/mol. The maximum Gasteiger partial charge on any atom is 0.416 e. The highest BCUT2D eigenvalue weighted by Crippen LogP contribution is 2.31. The van der Waals surface area contributed by atoms with E-state index in [0.29, 0.717) is 0 Å². The standard InChI is InChI=1S/C18H14F3N5O/c19-18(20,21)13-4-1-5-14(9-13)25-17-23-8-6-15(26-17)16(27)24-11-12-3-2-7-22-10-12/h1-10H,11H2,(H,24,27)(H,23,25,26). The molecule has 2 heterocycles. The molecule has 1 amide bonds.